The molecule has 0 saturated carbocycles. The second kappa shape index (κ2) is 9.47. The first-order chi connectivity index (χ1) is 14.0. The van der Waals surface area contributed by atoms with Crippen molar-refractivity contribution in [1.29, 1.82) is 0 Å². The molecule has 0 bridgehead atoms. The van der Waals surface area contributed by atoms with E-state index in [-0.39, 0.29) is 18.6 Å². The van der Waals surface area contributed by atoms with Crippen molar-refractivity contribution in [3.8, 4) is 0 Å². The third-order valence-corrected chi connectivity index (χ3v) is 4.69. The molecule has 154 valence electrons. The van der Waals surface area contributed by atoms with Crippen molar-refractivity contribution < 1.29 is 23.5 Å². The van der Waals surface area contributed by atoms with E-state index in [0.717, 1.165) is 24.2 Å². The monoisotopic (exact) mass is 401 g/mol. The lowest BCUT2D eigenvalue weighted by Gasteiger charge is -2.28. The van der Waals surface area contributed by atoms with Crippen LogP contribution < -0.4 is 10.2 Å². The minimum Gasteiger partial charge on any atom is -0.447 e. The summed E-state index contributed by atoms with van der Waals surface area (Å²) in [5, 5.41) is 2.86. The molecule has 3 rings (SSSR count). The maximum atomic E-state index is 13.0. The summed E-state index contributed by atoms with van der Waals surface area (Å²) in [5.74, 6) is -0.698. The van der Waals surface area contributed by atoms with Gasteiger partial charge in [-0.2, -0.15) is 0 Å². The molecule has 1 aromatic heterocycles. The van der Waals surface area contributed by atoms with Crippen molar-refractivity contribution in [2.45, 2.75) is 25.8 Å². The number of hydrogen-bond acceptors (Lipinski definition) is 5. The van der Waals surface area contributed by atoms with E-state index in [2.05, 4.69) is 10.3 Å². The molecule has 2 aromatic rings. The highest BCUT2D eigenvalue weighted by Gasteiger charge is 2.25. The molecule has 0 aliphatic carbocycles. The summed E-state index contributed by atoms with van der Waals surface area (Å²) in [6.45, 7) is 2.93. The number of nitrogens with zero attached hydrogens (tertiary/aromatic N) is 2. The van der Waals surface area contributed by atoms with Gasteiger partial charge < -0.3 is 14.8 Å². The van der Waals surface area contributed by atoms with Crippen LogP contribution in [0.4, 0.5) is 14.9 Å². The number of carbonyl (C=O) groups excluding carboxylic acids is 2. The molecule has 0 saturated heterocycles. The predicted molar refractivity (Wildman–Crippen MR) is 105 cm³/mol. The number of anilines is 1. The fourth-order valence-electron chi connectivity index (χ4n) is 3.14. The third-order valence-electron chi connectivity index (χ3n) is 4.69. The summed E-state index contributed by atoms with van der Waals surface area (Å²) in [5.41, 5.74) is 2.58. The Morgan fingerprint density at radius 3 is 2.69 bits per heavy atom. The summed E-state index contributed by atoms with van der Waals surface area (Å²) in [7, 11) is 1.55. The number of pyridine rings is 1. The number of ether oxygens (including phenoxy) is 2. The number of halogens is 1. The van der Waals surface area contributed by atoms with Gasteiger partial charge in [0.1, 0.15) is 12.4 Å². The molecular weight excluding hydrogens is 377 g/mol. The smallest absolute Gasteiger partial charge is 0.414 e. The fraction of sp³-hybridized carbons (Fsp3) is 0.381. The fourth-order valence-corrected chi connectivity index (χ4v) is 3.14. The molecule has 1 N–H and O–H groups in total. The summed E-state index contributed by atoms with van der Waals surface area (Å²) in [6, 6.07) is 8.63. The van der Waals surface area contributed by atoms with Crippen molar-refractivity contribution in [1.82, 2.24) is 10.3 Å². The second-order valence-electron chi connectivity index (χ2n) is 6.77. The first kappa shape index (κ1) is 20.7. The molecule has 29 heavy (non-hydrogen) atoms. The Morgan fingerprint density at radius 1 is 1.21 bits per heavy atom. The first-order valence-corrected chi connectivity index (χ1v) is 9.49. The normalized spacial score (nSPS) is 14.1. The Bertz CT molecular complexity index is 873. The summed E-state index contributed by atoms with van der Waals surface area (Å²) < 4.78 is 23.1. The van der Waals surface area contributed by atoms with Crippen LogP contribution >= 0.6 is 0 Å². The standard InChI is InChI=1S/C21H24FN3O4/c1-14(23-20(26)15-5-7-16(22)8-6-15)17-9-10-19-18(24-17)4-3-11-25(19)21(27)29-13-12-28-2/h5-10,14H,3-4,11-13H2,1-2H3,(H,23,26). The SMILES string of the molecule is COCCOC(=O)N1CCCc2nc(C(C)NC(=O)c3ccc(F)cc3)ccc21. The topological polar surface area (TPSA) is 80.8 Å². The van der Waals surface area contributed by atoms with Crippen LogP contribution in [0.15, 0.2) is 36.4 Å². The van der Waals surface area contributed by atoms with Gasteiger partial charge in [-0.15, -0.1) is 0 Å². The highest BCUT2D eigenvalue weighted by Crippen LogP contribution is 2.28. The van der Waals surface area contributed by atoms with Gasteiger partial charge in [0.15, 0.2) is 0 Å². The van der Waals surface area contributed by atoms with E-state index in [9.17, 15) is 14.0 Å². The zero-order valence-corrected chi connectivity index (χ0v) is 16.5. The summed E-state index contributed by atoms with van der Waals surface area (Å²) >= 11 is 0. The van der Waals surface area contributed by atoms with E-state index < -0.39 is 11.9 Å². The molecule has 8 heteroatoms. The van der Waals surface area contributed by atoms with Crippen LogP contribution in [-0.2, 0) is 15.9 Å². The van der Waals surface area contributed by atoms with Crippen LogP contribution in [0.3, 0.4) is 0 Å². The lowest BCUT2D eigenvalue weighted by Crippen LogP contribution is -2.37. The van der Waals surface area contributed by atoms with Crippen molar-refractivity contribution in [2.75, 3.05) is 31.8 Å². The van der Waals surface area contributed by atoms with E-state index in [1.165, 1.54) is 24.3 Å². The number of aromatic nitrogens is 1. The van der Waals surface area contributed by atoms with E-state index >= 15 is 0 Å². The minimum absolute atomic E-state index is 0.194. The van der Waals surface area contributed by atoms with E-state index in [1.54, 1.807) is 18.1 Å². The second-order valence-corrected chi connectivity index (χ2v) is 6.77. The Kier molecular flexibility index (Phi) is 6.77. The van der Waals surface area contributed by atoms with Gasteiger partial charge in [-0.1, -0.05) is 0 Å². The maximum Gasteiger partial charge on any atom is 0.414 e. The van der Waals surface area contributed by atoms with Gasteiger partial charge in [-0.25, -0.2) is 9.18 Å². The lowest BCUT2D eigenvalue weighted by atomic mass is 10.1. The van der Waals surface area contributed by atoms with Crippen LogP contribution in [0, 0.1) is 5.82 Å². The Balaban J connectivity index is 1.69. The lowest BCUT2D eigenvalue weighted by molar-refractivity contribution is 0.0939. The number of carbonyl (C=O) groups is 2. The molecule has 0 fully saturated rings. The van der Waals surface area contributed by atoms with Crippen LogP contribution in [-0.4, -0.2) is 43.9 Å². The van der Waals surface area contributed by atoms with Gasteiger partial charge in [-0.05, 0) is 56.2 Å². The summed E-state index contributed by atoms with van der Waals surface area (Å²) in [6.07, 6.45) is 1.10. The average molecular weight is 401 g/mol. The molecule has 7 nitrogen and oxygen atoms in total. The molecule has 2 amide bonds. The van der Waals surface area contributed by atoms with Crippen LogP contribution in [0.25, 0.3) is 0 Å². The van der Waals surface area contributed by atoms with Crippen LogP contribution in [0.5, 0.6) is 0 Å². The van der Waals surface area contributed by atoms with E-state index in [0.29, 0.717) is 24.4 Å². The Hall–Kier alpha value is -3.00. The number of amides is 2. The number of benzene rings is 1. The van der Waals surface area contributed by atoms with Crippen LogP contribution in [0.2, 0.25) is 0 Å². The van der Waals surface area contributed by atoms with Crippen molar-refractivity contribution >= 4 is 17.7 Å². The van der Waals surface area contributed by atoms with Gasteiger partial charge in [0.25, 0.3) is 5.91 Å². The zero-order valence-electron chi connectivity index (χ0n) is 16.5. The number of fused-ring (bicyclic) bond motifs is 1. The molecule has 0 spiro atoms. The van der Waals surface area contributed by atoms with Crippen molar-refractivity contribution in [3.05, 3.63) is 59.2 Å². The average Bonchev–Trinajstić information content (AvgIpc) is 2.73. The van der Waals surface area contributed by atoms with Gasteiger partial charge in [0.2, 0.25) is 0 Å². The van der Waals surface area contributed by atoms with Gasteiger partial charge in [0.05, 0.1) is 29.7 Å². The first-order valence-electron chi connectivity index (χ1n) is 9.49. The molecule has 1 aliphatic rings. The quantitative estimate of drug-likeness (QED) is 0.752. The maximum absolute atomic E-state index is 13.0. The van der Waals surface area contributed by atoms with Crippen molar-refractivity contribution in [2.24, 2.45) is 0 Å². The largest absolute Gasteiger partial charge is 0.447 e. The molecule has 2 heterocycles. The van der Waals surface area contributed by atoms with Gasteiger partial charge in [0, 0.05) is 19.2 Å². The molecule has 1 aromatic carbocycles. The molecular formula is C21H24FN3O4. The van der Waals surface area contributed by atoms with E-state index in [4.69, 9.17) is 9.47 Å². The minimum atomic E-state index is -0.421. The van der Waals surface area contributed by atoms with Crippen molar-refractivity contribution in [3.63, 3.8) is 0 Å². The Morgan fingerprint density at radius 2 is 1.97 bits per heavy atom. The Labute approximate surface area is 168 Å². The molecule has 1 atom stereocenters. The number of aryl methyl sites for hydroxylation is 1. The van der Waals surface area contributed by atoms with E-state index in [1.807, 2.05) is 13.0 Å². The third kappa shape index (κ3) is 5.08. The molecule has 1 aliphatic heterocycles. The van der Waals surface area contributed by atoms with Gasteiger partial charge >= 0.3 is 6.09 Å². The predicted octanol–water partition coefficient (Wildman–Crippen LogP) is 3.25. The number of nitrogens with one attached hydrogen (secondary N) is 1. The molecule has 0 radical (unpaired) electrons. The highest BCUT2D eigenvalue weighted by atomic mass is 19.1. The zero-order chi connectivity index (χ0) is 20.8. The number of methoxy groups -OCH3 is 1. The number of rotatable bonds is 6. The summed E-state index contributed by atoms with van der Waals surface area (Å²) in [4.78, 5) is 30.9. The van der Waals surface area contributed by atoms with Crippen LogP contribution in [0.1, 0.15) is 41.1 Å². The number of hydrogen-bond donors (Lipinski definition) is 1. The van der Waals surface area contributed by atoms with Gasteiger partial charge in [-0.3, -0.25) is 14.7 Å². The molecule has 1 unspecified atom stereocenters. The highest BCUT2D eigenvalue weighted by molar-refractivity contribution is 5.94.